The standard InChI is InChI=1S/C9H10N6O/c1-6-2-3-15(13-6)8-5-11-7(4-12-8)9(10)14-16/h2-5,16H,1H3,(H2,10,14). The summed E-state index contributed by atoms with van der Waals surface area (Å²) in [5, 5.41) is 15.5. The summed E-state index contributed by atoms with van der Waals surface area (Å²) >= 11 is 0. The van der Waals surface area contributed by atoms with Crippen LogP contribution in [0.25, 0.3) is 5.82 Å². The minimum absolute atomic E-state index is 0.0734. The van der Waals surface area contributed by atoms with Gasteiger partial charge in [0.15, 0.2) is 11.7 Å². The third kappa shape index (κ3) is 1.83. The fraction of sp³-hybridized carbons (Fsp3) is 0.111. The smallest absolute Gasteiger partial charge is 0.190 e. The van der Waals surface area contributed by atoms with Gasteiger partial charge in [0.1, 0.15) is 5.69 Å². The Labute approximate surface area is 91.2 Å². The average molecular weight is 218 g/mol. The molecule has 0 unspecified atom stereocenters. The Hall–Kier alpha value is -2.44. The normalized spacial score (nSPS) is 11.7. The Morgan fingerprint density at radius 1 is 1.44 bits per heavy atom. The van der Waals surface area contributed by atoms with Crippen LogP contribution >= 0.6 is 0 Å². The lowest BCUT2D eigenvalue weighted by Gasteiger charge is -2.00. The van der Waals surface area contributed by atoms with Crippen LogP contribution in [-0.4, -0.2) is 30.8 Å². The highest BCUT2D eigenvalue weighted by Crippen LogP contribution is 2.02. The van der Waals surface area contributed by atoms with Crippen LogP contribution < -0.4 is 5.73 Å². The van der Waals surface area contributed by atoms with Crippen LogP contribution in [-0.2, 0) is 0 Å². The minimum Gasteiger partial charge on any atom is -0.409 e. The molecule has 0 radical (unpaired) electrons. The lowest BCUT2D eigenvalue weighted by molar-refractivity contribution is 0.318. The number of hydrogen-bond donors (Lipinski definition) is 2. The summed E-state index contributed by atoms with van der Waals surface area (Å²) in [4.78, 5) is 8.09. The van der Waals surface area contributed by atoms with E-state index >= 15 is 0 Å². The molecule has 0 saturated carbocycles. The highest BCUT2D eigenvalue weighted by atomic mass is 16.4. The van der Waals surface area contributed by atoms with Crippen molar-refractivity contribution in [3.8, 4) is 5.82 Å². The van der Waals surface area contributed by atoms with E-state index in [1.54, 1.807) is 10.9 Å². The lowest BCUT2D eigenvalue weighted by atomic mass is 10.4. The van der Waals surface area contributed by atoms with E-state index < -0.39 is 0 Å². The van der Waals surface area contributed by atoms with Crippen LogP contribution in [0.15, 0.2) is 29.8 Å². The third-order valence-corrected chi connectivity index (χ3v) is 1.97. The first-order valence-electron chi connectivity index (χ1n) is 4.53. The van der Waals surface area contributed by atoms with Gasteiger partial charge in [-0.3, -0.25) is 0 Å². The number of hydrogen-bond acceptors (Lipinski definition) is 5. The van der Waals surface area contributed by atoms with Gasteiger partial charge in [-0.05, 0) is 13.0 Å². The molecule has 0 amide bonds. The van der Waals surface area contributed by atoms with Crippen molar-refractivity contribution in [1.82, 2.24) is 19.7 Å². The zero-order valence-corrected chi connectivity index (χ0v) is 8.57. The second-order valence-electron chi connectivity index (χ2n) is 3.15. The van der Waals surface area contributed by atoms with Crippen LogP contribution in [0, 0.1) is 6.92 Å². The van der Waals surface area contributed by atoms with Crippen molar-refractivity contribution < 1.29 is 5.21 Å². The summed E-state index contributed by atoms with van der Waals surface area (Å²) in [6.07, 6.45) is 4.70. The molecule has 82 valence electrons. The van der Waals surface area contributed by atoms with E-state index in [0.717, 1.165) is 5.69 Å². The van der Waals surface area contributed by atoms with Crippen LogP contribution in [0.5, 0.6) is 0 Å². The van der Waals surface area contributed by atoms with Gasteiger partial charge in [0.25, 0.3) is 0 Å². The summed E-state index contributed by atoms with van der Waals surface area (Å²) in [6.45, 7) is 1.88. The van der Waals surface area contributed by atoms with E-state index in [4.69, 9.17) is 10.9 Å². The molecule has 7 nitrogen and oxygen atoms in total. The summed E-state index contributed by atoms with van der Waals surface area (Å²) < 4.78 is 1.60. The molecule has 0 aliphatic carbocycles. The fourth-order valence-electron chi connectivity index (χ4n) is 1.17. The van der Waals surface area contributed by atoms with Gasteiger partial charge in [-0.2, -0.15) is 5.10 Å². The van der Waals surface area contributed by atoms with Gasteiger partial charge in [-0.25, -0.2) is 14.6 Å². The monoisotopic (exact) mass is 218 g/mol. The Bertz CT molecular complexity index is 515. The Morgan fingerprint density at radius 2 is 2.25 bits per heavy atom. The van der Waals surface area contributed by atoms with E-state index in [1.165, 1.54) is 12.4 Å². The maximum Gasteiger partial charge on any atom is 0.190 e. The molecular formula is C9H10N6O. The number of oxime groups is 1. The minimum atomic E-state index is -0.0734. The summed E-state index contributed by atoms with van der Waals surface area (Å²) in [5.41, 5.74) is 6.57. The Balaban J connectivity index is 2.33. The second kappa shape index (κ2) is 3.97. The number of nitrogens with two attached hydrogens (primary N) is 1. The molecule has 2 rings (SSSR count). The highest BCUT2D eigenvalue weighted by molar-refractivity contribution is 5.94. The molecule has 2 aromatic rings. The fourth-order valence-corrected chi connectivity index (χ4v) is 1.17. The largest absolute Gasteiger partial charge is 0.409 e. The molecule has 0 fully saturated rings. The van der Waals surface area contributed by atoms with Gasteiger partial charge in [0.2, 0.25) is 0 Å². The maximum absolute atomic E-state index is 8.46. The van der Waals surface area contributed by atoms with E-state index in [0.29, 0.717) is 11.5 Å². The number of nitrogens with zero attached hydrogens (tertiary/aromatic N) is 5. The quantitative estimate of drug-likeness (QED) is 0.321. The zero-order valence-electron chi connectivity index (χ0n) is 8.57. The molecule has 7 heteroatoms. The Kier molecular flexibility index (Phi) is 2.50. The summed E-state index contributed by atoms with van der Waals surface area (Å²) in [7, 11) is 0. The first kappa shape index (κ1) is 10.1. The van der Waals surface area contributed by atoms with Crippen LogP contribution in [0.2, 0.25) is 0 Å². The van der Waals surface area contributed by atoms with Crippen LogP contribution in [0.4, 0.5) is 0 Å². The molecule has 0 saturated heterocycles. The van der Waals surface area contributed by atoms with Gasteiger partial charge in [0, 0.05) is 6.20 Å². The molecular weight excluding hydrogens is 208 g/mol. The van der Waals surface area contributed by atoms with E-state index in [9.17, 15) is 0 Å². The van der Waals surface area contributed by atoms with Crippen molar-refractivity contribution >= 4 is 5.84 Å². The molecule has 2 heterocycles. The highest BCUT2D eigenvalue weighted by Gasteiger charge is 2.04. The SMILES string of the molecule is Cc1ccn(-c2cnc(C(N)=NO)cn2)n1. The molecule has 0 spiro atoms. The van der Waals surface area contributed by atoms with Crippen molar-refractivity contribution in [1.29, 1.82) is 0 Å². The second-order valence-corrected chi connectivity index (χ2v) is 3.15. The Morgan fingerprint density at radius 3 is 2.75 bits per heavy atom. The van der Waals surface area contributed by atoms with Gasteiger partial charge in [0.05, 0.1) is 18.1 Å². The number of amidine groups is 1. The molecule has 16 heavy (non-hydrogen) atoms. The van der Waals surface area contributed by atoms with Gasteiger partial charge < -0.3 is 10.9 Å². The van der Waals surface area contributed by atoms with E-state index in [-0.39, 0.29) is 5.84 Å². The third-order valence-electron chi connectivity index (χ3n) is 1.97. The van der Waals surface area contributed by atoms with Crippen LogP contribution in [0.1, 0.15) is 11.4 Å². The molecule has 0 bridgehead atoms. The number of aryl methyl sites for hydroxylation is 1. The first-order chi connectivity index (χ1) is 7.70. The lowest BCUT2D eigenvalue weighted by Crippen LogP contribution is -2.15. The van der Waals surface area contributed by atoms with Gasteiger partial charge >= 0.3 is 0 Å². The number of rotatable bonds is 2. The summed E-state index contributed by atoms with van der Waals surface area (Å²) in [5.74, 6) is 0.498. The van der Waals surface area contributed by atoms with E-state index in [1.807, 2.05) is 13.0 Å². The molecule has 2 aromatic heterocycles. The summed E-state index contributed by atoms with van der Waals surface area (Å²) in [6, 6.07) is 1.86. The van der Waals surface area contributed by atoms with Crippen molar-refractivity contribution in [2.75, 3.05) is 0 Å². The van der Waals surface area contributed by atoms with Crippen LogP contribution in [0.3, 0.4) is 0 Å². The topological polar surface area (TPSA) is 102 Å². The molecule has 0 aromatic carbocycles. The molecule has 0 aliphatic rings. The van der Waals surface area contributed by atoms with Gasteiger partial charge in [-0.15, -0.1) is 0 Å². The predicted octanol–water partition coefficient (Wildman–Crippen LogP) is 0.0652. The van der Waals surface area contributed by atoms with Crippen molar-refractivity contribution in [3.05, 3.63) is 36.0 Å². The molecule has 3 N–H and O–H groups in total. The molecule has 0 atom stereocenters. The van der Waals surface area contributed by atoms with E-state index in [2.05, 4.69) is 20.2 Å². The zero-order chi connectivity index (χ0) is 11.5. The first-order valence-corrected chi connectivity index (χ1v) is 4.53. The number of aromatic nitrogens is 4. The predicted molar refractivity (Wildman–Crippen MR) is 56.4 cm³/mol. The average Bonchev–Trinajstić information content (AvgIpc) is 2.75. The van der Waals surface area contributed by atoms with Crippen molar-refractivity contribution in [2.24, 2.45) is 10.9 Å². The van der Waals surface area contributed by atoms with Crippen molar-refractivity contribution in [2.45, 2.75) is 6.92 Å². The van der Waals surface area contributed by atoms with Crippen molar-refractivity contribution in [3.63, 3.8) is 0 Å². The van der Waals surface area contributed by atoms with Gasteiger partial charge in [-0.1, -0.05) is 5.16 Å². The maximum atomic E-state index is 8.46. The molecule has 0 aliphatic heterocycles.